The van der Waals surface area contributed by atoms with Gasteiger partial charge in [0.2, 0.25) is 5.89 Å². The van der Waals surface area contributed by atoms with Crippen LogP contribution in [0, 0.1) is 24.0 Å². The normalized spacial score (nSPS) is 10.9. The van der Waals surface area contributed by atoms with Crippen LogP contribution in [0.4, 0.5) is 11.4 Å². The van der Waals surface area contributed by atoms with E-state index in [-0.39, 0.29) is 16.3 Å². The molecule has 150 valence electrons. The molecule has 0 fully saturated rings. The van der Waals surface area contributed by atoms with Gasteiger partial charge in [0, 0.05) is 22.9 Å². The van der Waals surface area contributed by atoms with Gasteiger partial charge in [0.05, 0.1) is 4.92 Å². The first-order valence-electron chi connectivity index (χ1n) is 9.05. The molecule has 0 saturated heterocycles. The Morgan fingerprint density at radius 3 is 2.67 bits per heavy atom. The minimum atomic E-state index is -0.625. The molecule has 0 saturated carbocycles. The Hall–Kier alpha value is -3.71. The smallest absolute Gasteiger partial charge is 0.288 e. The maximum absolute atomic E-state index is 12.7. The van der Waals surface area contributed by atoms with Gasteiger partial charge in [0.25, 0.3) is 11.6 Å². The molecule has 4 rings (SSSR count). The number of halogens is 1. The number of aryl methyl sites for hydroxylation is 2. The number of benzene rings is 3. The lowest BCUT2D eigenvalue weighted by Crippen LogP contribution is -2.13. The van der Waals surface area contributed by atoms with Crippen molar-refractivity contribution in [3.63, 3.8) is 0 Å². The number of nitrogens with one attached hydrogen (secondary N) is 1. The van der Waals surface area contributed by atoms with E-state index in [1.54, 1.807) is 6.07 Å². The molecular formula is C22H16ClN3O4. The maximum atomic E-state index is 12.7. The van der Waals surface area contributed by atoms with Crippen LogP contribution < -0.4 is 5.32 Å². The number of aromatic nitrogens is 1. The molecule has 1 aromatic heterocycles. The number of nitro benzene ring substituents is 1. The first-order valence-corrected chi connectivity index (χ1v) is 9.43. The summed E-state index contributed by atoms with van der Waals surface area (Å²) in [5, 5.41) is 13.8. The average Bonchev–Trinajstić information content (AvgIpc) is 3.12. The van der Waals surface area contributed by atoms with Crippen LogP contribution in [0.2, 0.25) is 5.02 Å². The molecule has 0 aliphatic rings. The highest BCUT2D eigenvalue weighted by atomic mass is 35.5. The van der Waals surface area contributed by atoms with Crippen molar-refractivity contribution in [2.75, 3.05) is 5.32 Å². The summed E-state index contributed by atoms with van der Waals surface area (Å²) >= 11 is 5.82. The monoisotopic (exact) mass is 421 g/mol. The Morgan fingerprint density at radius 1 is 1.10 bits per heavy atom. The maximum Gasteiger partial charge on any atom is 0.288 e. The molecule has 3 aromatic carbocycles. The minimum absolute atomic E-state index is 0.0269. The van der Waals surface area contributed by atoms with Crippen molar-refractivity contribution >= 4 is 40.0 Å². The number of hydrogen-bond donors (Lipinski definition) is 1. The predicted molar refractivity (Wildman–Crippen MR) is 115 cm³/mol. The predicted octanol–water partition coefficient (Wildman–Crippen LogP) is 5.93. The summed E-state index contributed by atoms with van der Waals surface area (Å²) in [6.45, 7) is 3.83. The third-order valence-electron chi connectivity index (χ3n) is 4.68. The van der Waals surface area contributed by atoms with Gasteiger partial charge in [-0.3, -0.25) is 14.9 Å². The zero-order valence-electron chi connectivity index (χ0n) is 16.1. The molecule has 0 bridgehead atoms. The summed E-state index contributed by atoms with van der Waals surface area (Å²) in [6, 6.07) is 15.1. The Labute approximate surface area is 176 Å². The molecule has 30 heavy (non-hydrogen) atoms. The summed E-state index contributed by atoms with van der Waals surface area (Å²) in [4.78, 5) is 27.6. The Kier molecular flexibility index (Phi) is 4.97. The fraction of sp³-hybridized carbons (Fsp3) is 0.0909. The number of carbonyl (C=O) groups is 1. The lowest BCUT2D eigenvalue weighted by Gasteiger charge is -2.10. The SMILES string of the molecule is Cc1ccc2oc(-c3ccc(C)c(NC(=O)c4ccc(Cl)c([N+](=O)[O-])c4)c3)nc2c1. The molecule has 1 N–H and O–H groups in total. The van der Waals surface area contributed by atoms with E-state index >= 15 is 0 Å². The molecule has 0 radical (unpaired) electrons. The molecule has 0 aliphatic carbocycles. The summed E-state index contributed by atoms with van der Waals surface area (Å²) < 4.78 is 5.84. The second-order valence-corrected chi connectivity index (χ2v) is 7.30. The quantitative estimate of drug-likeness (QED) is 0.325. The number of fused-ring (bicyclic) bond motifs is 1. The highest BCUT2D eigenvalue weighted by Crippen LogP contribution is 2.29. The van der Waals surface area contributed by atoms with Crippen molar-refractivity contribution < 1.29 is 14.1 Å². The van der Waals surface area contributed by atoms with E-state index in [0.29, 0.717) is 22.7 Å². The summed E-state index contributed by atoms with van der Waals surface area (Å²) in [5.74, 6) is -0.0450. The molecule has 0 spiro atoms. The first-order chi connectivity index (χ1) is 14.3. The van der Waals surface area contributed by atoms with Crippen LogP contribution in [0.5, 0.6) is 0 Å². The van der Waals surface area contributed by atoms with Gasteiger partial charge in [0.15, 0.2) is 5.58 Å². The average molecular weight is 422 g/mol. The van der Waals surface area contributed by atoms with Crippen LogP contribution in [0.1, 0.15) is 21.5 Å². The summed E-state index contributed by atoms with van der Waals surface area (Å²) in [7, 11) is 0. The molecule has 7 nitrogen and oxygen atoms in total. The third-order valence-corrected chi connectivity index (χ3v) is 5.00. The lowest BCUT2D eigenvalue weighted by atomic mass is 10.1. The van der Waals surface area contributed by atoms with E-state index in [4.69, 9.17) is 16.0 Å². The third kappa shape index (κ3) is 3.75. The standard InChI is InChI=1S/C22H16ClN3O4/c1-12-3-8-20-18(9-12)25-22(30-20)15-5-4-13(2)17(10-15)24-21(27)14-6-7-16(23)19(11-14)26(28)29/h3-11H,1-2H3,(H,24,27). The molecule has 1 amide bonds. The van der Waals surface area contributed by atoms with E-state index in [0.717, 1.165) is 22.7 Å². The Balaban J connectivity index is 1.65. The number of rotatable bonds is 4. The fourth-order valence-corrected chi connectivity index (χ4v) is 3.23. The van der Waals surface area contributed by atoms with Crippen LogP contribution in [0.15, 0.2) is 59.0 Å². The second kappa shape index (κ2) is 7.61. The molecule has 4 aromatic rings. The van der Waals surface area contributed by atoms with E-state index in [1.165, 1.54) is 12.1 Å². The van der Waals surface area contributed by atoms with Crippen LogP contribution in [0.3, 0.4) is 0 Å². The van der Waals surface area contributed by atoms with Crippen LogP contribution in [-0.4, -0.2) is 15.8 Å². The zero-order valence-corrected chi connectivity index (χ0v) is 16.9. The van der Waals surface area contributed by atoms with E-state index in [2.05, 4.69) is 10.3 Å². The molecule has 0 atom stereocenters. The van der Waals surface area contributed by atoms with Crippen LogP contribution in [0.25, 0.3) is 22.6 Å². The summed E-state index contributed by atoms with van der Waals surface area (Å²) in [6.07, 6.45) is 0. The fourth-order valence-electron chi connectivity index (χ4n) is 3.04. The number of hydrogen-bond acceptors (Lipinski definition) is 5. The number of nitrogens with zero attached hydrogens (tertiary/aromatic N) is 2. The topological polar surface area (TPSA) is 98.3 Å². The molecular weight excluding hydrogens is 406 g/mol. The van der Waals surface area contributed by atoms with Gasteiger partial charge in [-0.1, -0.05) is 23.7 Å². The van der Waals surface area contributed by atoms with E-state index in [9.17, 15) is 14.9 Å². The van der Waals surface area contributed by atoms with E-state index < -0.39 is 10.8 Å². The van der Waals surface area contributed by atoms with Gasteiger partial charge in [-0.2, -0.15) is 0 Å². The van der Waals surface area contributed by atoms with Crippen LogP contribution in [-0.2, 0) is 0 Å². The van der Waals surface area contributed by atoms with Crippen molar-refractivity contribution in [1.82, 2.24) is 4.98 Å². The molecule has 8 heteroatoms. The number of nitro groups is 1. The highest BCUT2D eigenvalue weighted by molar-refractivity contribution is 6.32. The molecule has 0 unspecified atom stereocenters. The van der Waals surface area contributed by atoms with Gasteiger partial charge >= 0.3 is 0 Å². The number of oxazole rings is 1. The van der Waals surface area contributed by atoms with Gasteiger partial charge in [-0.15, -0.1) is 0 Å². The number of anilines is 1. The first kappa shape index (κ1) is 19.6. The van der Waals surface area contributed by atoms with Gasteiger partial charge in [-0.25, -0.2) is 4.98 Å². The van der Waals surface area contributed by atoms with Crippen molar-refractivity contribution in [3.05, 3.63) is 86.4 Å². The van der Waals surface area contributed by atoms with Crippen molar-refractivity contribution in [2.24, 2.45) is 0 Å². The van der Waals surface area contributed by atoms with Gasteiger partial charge in [-0.05, 0) is 61.4 Å². The van der Waals surface area contributed by atoms with Crippen molar-refractivity contribution in [3.8, 4) is 11.5 Å². The number of amides is 1. The molecule has 1 heterocycles. The van der Waals surface area contributed by atoms with Crippen molar-refractivity contribution in [2.45, 2.75) is 13.8 Å². The Bertz CT molecular complexity index is 1310. The van der Waals surface area contributed by atoms with E-state index in [1.807, 2.05) is 44.2 Å². The second-order valence-electron chi connectivity index (χ2n) is 6.90. The lowest BCUT2D eigenvalue weighted by molar-refractivity contribution is -0.384. The zero-order chi connectivity index (χ0) is 21.4. The molecule has 0 aliphatic heterocycles. The highest BCUT2D eigenvalue weighted by Gasteiger charge is 2.17. The van der Waals surface area contributed by atoms with Gasteiger partial charge < -0.3 is 9.73 Å². The van der Waals surface area contributed by atoms with Crippen LogP contribution >= 0.6 is 11.6 Å². The summed E-state index contributed by atoms with van der Waals surface area (Å²) in [5.41, 5.74) is 4.39. The van der Waals surface area contributed by atoms with Gasteiger partial charge in [0.1, 0.15) is 10.5 Å². The Morgan fingerprint density at radius 2 is 1.90 bits per heavy atom. The number of carbonyl (C=O) groups excluding carboxylic acids is 1. The largest absolute Gasteiger partial charge is 0.436 e. The minimum Gasteiger partial charge on any atom is -0.436 e. The van der Waals surface area contributed by atoms with Crippen molar-refractivity contribution in [1.29, 1.82) is 0 Å².